The number of hydrogen-bond acceptors (Lipinski definition) is 5. The lowest BCUT2D eigenvalue weighted by molar-refractivity contribution is -0.114. The number of Topliss-reactive ketones (excluding diaryl/α,β-unsaturated/α-hetero) is 1. The lowest BCUT2D eigenvalue weighted by Crippen LogP contribution is -2.36. The van der Waals surface area contributed by atoms with Crippen molar-refractivity contribution in [2.24, 2.45) is 0 Å². The molecule has 0 unspecified atom stereocenters. The standard InChI is InChI=1S/C28H28N2O3/c1-21-3-2-4-24(17-21)28(32)18-23-7-5-22(6-8-23)9-12-27(31)19-25-10-11-26(20-29-25)30-13-15-33-16-14-30/h2-12,17,20H,13-16,18-19H2,1H3/b12-9+. The van der Waals surface area contributed by atoms with Crippen molar-refractivity contribution >= 4 is 23.3 Å². The number of pyridine rings is 1. The van der Waals surface area contributed by atoms with Crippen molar-refractivity contribution in [1.29, 1.82) is 0 Å². The highest BCUT2D eigenvalue weighted by Gasteiger charge is 2.12. The Kier molecular flexibility index (Phi) is 7.43. The summed E-state index contributed by atoms with van der Waals surface area (Å²) in [6.07, 6.45) is 5.84. The highest BCUT2D eigenvalue weighted by Crippen LogP contribution is 2.15. The third kappa shape index (κ3) is 6.46. The number of carbonyl (C=O) groups excluding carboxylic acids is 2. The first kappa shape index (κ1) is 22.6. The number of aromatic nitrogens is 1. The third-order valence-corrected chi connectivity index (χ3v) is 5.69. The smallest absolute Gasteiger partial charge is 0.167 e. The van der Waals surface area contributed by atoms with Crippen LogP contribution in [0.5, 0.6) is 0 Å². The molecule has 1 saturated heterocycles. The maximum absolute atomic E-state index is 12.5. The SMILES string of the molecule is Cc1cccc(C(=O)Cc2ccc(/C=C/C(=O)Cc3ccc(N4CCOCC4)cn3)cc2)c1. The Balaban J connectivity index is 1.29. The van der Waals surface area contributed by atoms with Crippen molar-refractivity contribution in [2.75, 3.05) is 31.2 Å². The van der Waals surface area contributed by atoms with Crippen molar-refractivity contribution in [1.82, 2.24) is 4.98 Å². The van der Waals surface area contributed by atoms with E-state index in [4.69, 9.17) is 4.74 Å². The molecular weight excluding hydrogens is 412 g/mol. The number of allylic oxidation sites excluding steroid dienone is 1. The van der Waals surface area contributed by atoms with Crippen LogP contribution < -0.4 is 4.90 Å². The molecule has 1 aliphatic rings. The summed E-state index contributed by atoms with van der Waals surface area (Å²) in [6.45, 7) is 5.17. The lowest BCUT2D eigenvalue weighted by atomic mass is 10.0. The summed E-state index contributed by atoms with van der Waals surface area (Å²) in [5.74, 6) is 0.102. The van der Waals surface area contributed by atoms with Crippen LogP contribution in [0.15, 0.2) is 72.9 Å². The number of ether oxygens (including phenoxy) is 1. The zero-order valence-corrected chi connectivity index (χ0v) is 18.9. The Morgan fingerprint density at radius 2 is 1.79 bits per heavy atom. The normalized spacial score (nSPS) is 13.9. The summed E-state index contributed by atoms with van der Waals surface area (Å²) in [5.41, 5.74) is 5.50. The number of hydrogen-bond donors (Lipinski definition) is 0. The van der Waals surface area contributed by atoms with Gasteiger partial charge in [-0.3, -0.25) is 14.6 Å². The van der Waals surface area contributed by atoms with Crippen LogP contribution in [0.25, 0.3) is 6.08 Å². The predicted octanol–water partition coefficient (Wildman–Crippen LogP) is 4.48. The van der Waals surface area contributed by atoms with Crippen molar-refractivity contribution in [2.45, 2.75) is 19.8 Å². The average molecular weight is 441 g/mol. The summed E-state index contributed by atoms with van der Waals surface area (Å²) < 4.78 is 5.38. The maximum atomic E-state index is 12.5. The fourth-order valence-corrected chi connectivity index (χ4v) is 3.81. The minimum absolute atomic E-state index is 0.000300. The highest BCUT2D eigenvalue weighted by molar-refractivity contribution is 5.97. The number of rotatable bonds is 8. The minimum Gasteiger partial charge on any atom is -0.378 e. The van der Waals surface area contributed by atoms with E-state index in [1.807, 2.05) is 73.8 Å². The Hall–Kier alpha value is -3.57. The van der Waals surface area contributed by atoms with E-state index < -0.39 is 0 Å². The largest absolute Gasteiger partial charge is 0.378 e. The van der Waals surface area contributed by atoms with E-state index in [1.165, 1.54) is 0 Å². The van der Waals surface area contributed by atoms with Crippen LogP contribution in [0.4, 0.5) is 5.69 Å². The van der Waals surface area contributed by atoms with Gasteiger partial charge in [-0.15, -0.1) is 0 Å². The fourth-order valence-electron chi connectivity index (χ4n) is 3.81. The van der Waals surface area contributed by atoms with E-state index in [0.29, 0.717) is 6.42 Å². The number of morpholine rings is 1. The van der Waals surface area contributed by atoms with Gasteiger partial charge in [0.25, 0.3) is 0 Å². The number of ketones is 2. The number of carbonyl (C=O) groups is 2. The highest BCUT2D eigenvalue weighted by atomic mass is 16.5. The average Bonchev–Trinajstić information content (AvgIpc) is 2.84. The molecule has 0 saturated carbocycles. The molecule has 3 aromatic rings. The molecule has 0 spiro atoms. The van der Waals surface area contributed by atoms with Gasteiger partial charge in [-0.25, -0.2) is 0 Å². The topological polar surface area (TPSA) is 59.5 Å². The van der Waals surface area contributed by atoms with Crippen LogP contribution in [-0.4, -0.2) is 42.9 Å². The number of anilines is 1. The molecule has 4 rings (SSSR count). The van der Waals surface area contributed by atoms with Gasteiger partial charge in [0.15, 0.2) is 11.6 Å². The van der Waals surface area contributed by atoms with E-state index in [9.17, 15) is 9.59 Å². The third-order valence-electron chi connectivity index (χ3n) is 5.69. The fraction of sp³-hybridized carbons (Fsp3) is 0.250. The van der Waals surface area contributed by atoms with Gasteiger partial charge in [0.1, 0.15) is 0 Å². The molecule has 0 atom stereocenters. The Labute approximate surface area is 194 Å². The summed E-state index contributed by atoms with van der Waals surface area (Å²) in [6, 6.07) is 19.3. The second-order valence-corrected chi connectivity index (χ2v) is 8.29. The van der Waals surface area contributed by atoms with Gasteiger partial charge in [0.05, 0.1) is 31.5 Å². The summed E-state index contributed by atoms with van der Waals surface area (Å²) in [4.78, 5) is 31.5. The molecular formula is C28H28N2O3. The van der Waals surface area contributed by atoms with Crippen LogP contribution in [0.2, 0.25) is 0 Å². The van der Waals surface area contributed by atoms with Crippen molar-refractivity contribution in [3.63, 3.8) is 0 Å². The van der Waals surface area contributed by atoms with Gasteiger partial charge in [0.2, 0.25) is 0 Å². The molecule has 5 nitrogen and oxygen atoms in total. The van der Waals surface area contributed by atoms with E-state index in [1.54, 1.807) is 12.2 Å². The molecule has 0 bridgehead atoms. The van der Waals surface area contributed by atoms with E-state index in [0.717, 1.165) is 59.9 Å². The molecule has 2 aromatic carbocycles. The molecule has 33 heavy (non-hydrogen) atoms. The van der Waals surface area contributed by atoms with Crippen LogP contribution >= 0.6 is 0 Å². The molecule has 168 valence electrons. The number of benzene rings is 2. The second kappa shape index (κ2) is 10.8. The van der Waals surface area contributed by atoms with E-state index >= 15 is 0 Å². The molecule has 0 amide bonds. The first-order valence-electron chi connectivity index (χ1n) is 11.2. The van der Waals surface area contributed by atoms with Crippen LogP contribution in [-0.2, 0) is 22.4 Å². The van der Waals surface area contributed by atoms with Crippen LogP contribution in [0.3, 0.4) is 0 Å². The number of aryl methyl sites for hydroxylation is 1. The van der Waals surface area contributed by atoms with Crippen molar-refractivity contribution in [3.8, 4) is 0 Å². The van der Waals surface area contributed by atoms with Gasteiger partial charge in [-0.05, 0) is 42.3 Å². The molecule has 1 fully saturated rings. The van der Waals surface area contributed by atoms with E-state index in [2.05, 4.69) is 9.88 Å². The predicted molar refractivity (Wildman–Crippen MR) is 131 cm³/mol. The van der Waals surface area contributed by atoms with Crippen molar-refractivity contribution in [3.05, 3.63) is 101 Å². The van der Waals surface area contributed by atoms with Gasteiger partial charge >= 0.3 is 0 Å². The van der Waals surface area contributed by atoms with Crippen molar-refractivity contribution < 1.29 is 14.3 Å². The van der Waals surface area contributed by atoms with Gasteiger partial charge < -0.3 is 9.64 Å². The second-order valence-electron chi connectivity index (χ2n) is 8.29. The molecule has 0 N–H and O–H groups in total. The first-order chi connectivity index (χ1) is 16.1. The quantitative estimate of drug-likeness (QED) is 0.382. The molecule has 0 aliphatic carbocycles. The molecule has 1 aliphatic heterocycles. The minimum atomic E-state index is 0.000300. The summed E-state index contributed by atoms with van der Waals surface area (Å²) in [7, 11) is 0. The summed E-state index contributed by atoms with van der Waals surface area (Å²) >= 11 is 0. The molecule has 0 radical (unpaired) electrons. The molecule has 2 heterocycles. The number of nitrogens with zero attached hydrogens (tertiary/aromatic N) is 2. The monoisotopic (exact) mass is 440 g/mol. The Morgan fingerprint density at radius 1 is 1.00 bits per heavy atom. The first-order valence-corrected chi connectivity index (χ1v) is 11.2. The lowest BCUT2D eigenvalue weighted by Gasteiger charge is -2.28. The van der Waals surface area contributed by atoms with E-state index in [-0.39, 0.29) is 18.0 Å². The maximum Gasteiger partial charge on any atom is 0.167 e. The zero-order chi connectivity index (χ0) is 23.0. The Morgan fingerprint density at radius 3 is 2.48 bits per heavy atom. The van der Waals surface area contributed by atoms with Gasteiger partial charge in [-0.2, -0.15) is 0 Å². The molecule has 1 aromatic heterocycles. The molecule has 5 heteroatoms. The van der Waals surface area contributed by atoms with Crippen LogP contribution in [0.1, 0.15) is 32.7 Å². The summed E-state index contributed by atoms with van der Waals surface area (Å²) in [5, 5.41) is 0. The zero-order valence-electron chi connectivity index (χ0n) is 18.9. The van der Waals surface area contributed by atoms with Gasteiger partial charge in [0, 0.05) is 30.8 Å². The van der Waals surface area contributed by atoms with Gasteiger partial charge in [-0.1, -0.05) is 54.1 Å². The Bertz CT molecular complexity index is 1130. The van der Waals surface area contributed by atoms with Crippen LogP contribution in [0, 0.1) is 6.92 Å².